The number of rotatable bonds is 10. The summed E-state index contributed by atoms with van der Waals surface area (Å²) in [5, 5.41) is -0.849. The lowest BCUT2D eigenvalue weighted by Crippen LogP contribution is -1.98. The van der Waals surface area contributed by atoms with Crippen molar-refractivity contribution >= 4 is 10.2 Å². The number of hydrogen-bond donors (Lipinski definition) is 0. The maximum Gasteiger partial charge on any atom is 0.304 e. The predicted octanol–water partition coefficient (Wildman–Crippen LogP) is 6.18. The number of hydrogen-bond acceptors (Lipinski definition) is 1. The summed E-state index contributed by atoms with van der Waals surface area (Å²) >= 11 is 0. The summed E-state index contributed by atoms with van der Waals surface area (Å²) in [6.07, 6.45) is 5.75. The predicted molar refractivity (Wildman–Crippen MR) is 66.5 cm³/mol. The molecule has 0 saturated heterocycles. The van der Waals surface area contributed by atoms with Crippen LogP contribution in [0.5, 0.6) is 0 Å². The van der Waals surface area contributed by atoms with Gasteiger partial charge >= 0.3 is 10.2 Å². The molecule has 0 N–H and O–H groups in total. The van der Waals surface area contributed by atoms with Crippen LogP contribution in [0.25, 0.3) is 0 Å². The summed E-state index contributed by atoms with van der Waals surface area (Å²) in [7, 11) is -7.70. The first-order chi connectivity index (χ1) is 8.04. The molecule has 0 spiro atoms. The Morgan fingerprint density at radius 3 is 1.83 bits per heavy atom. The lowest BCUT2D eigenvalue weighted by molar-refractivity contribution is 0.192. The van der Waals surface area contributed by atoms with Crippen LogP contribution in [0.2, 0.25) is 0 Å². The van der Waals surface area contributed by atoms with Gasteiger partial charge in [-0.05, 0) is 19.3 Å². The van der Waals surface area contributed by atoms with Crippen LogP contribution in [0.4, 0.5) is 19.4 Å². The van der Waals surface area contributed by atoms with Gasteiger partial charge in [-0.3, -0.25) is 0 Å². The average molecular weight is 296 g/mol. The van der Waals surface area contributed by atoms with Crippen LogP contribution in [0.3, 0.4) is 0 Å². The molecule has 112 valence electrons. The molecule has 0 unspecified atom stereocenters. The third kappa shape index (κ3) is 15.7. The fourth-order valence-corrected chi connectivity index (χ4v) is 1.97. The fourth-order valence-electron chi connectivity index (χ4n) is 1.47. The number of halogens is 5. The van der Waals surface area contributed by atoms with Crippen molar-refractivity contribution in [2.45, 2.75) is 44.9 Å². The number of ether oxygens (including phenoxy) is 1. The smallest absolute Gasteiger partial charge is 0.304 e. The molecule has 1 nitrogen and oxygen atoms in total. The van der Waals surface area contributed by atoms with Crippen LogP contribution in [0.15, 0.2) is 11.5 Å². The average Bonchev–Trinajstić information content (AvgIpc) is 2.17. The van der Waals surface area contributed by atoms with E-state index < -0.39 is 15.6 Å². The van der Waals surface area contributed by atoms with E-state index in [0.717, 1.165) is 32.1 Å². The topological polar surface area (TPSA) is 9.23 Å². The second kappa shape index (κ2) is 6.23. The molecule has 0 rings (SSSR count). The van der Waals surface area contributed by atoms with Gasteiger partial charge in [-0.1, -0.05) is 51.2 Å². The van der Waals surface area contributed by atoms with E-state index in [1.54, 1.807) is 7.11 Å². The van der Waals surface area contributed by atoms with E-state index in [9.17, 15) is 19.4 Å². The molecule has 0 saturated carbocycles. The van der Waals surface area contributed by atoms with Gasteiger partial charge in [0.25, 0.3) is 0 Å². The molecule has 0 aromatic rings. The molecule has 0 bridgehead atoms. The van der Waals surface area contributed by atoms with E-state index in [-0.39, 0.29) is 6.42 Å². The Hall–Kier alpha value is -0.300. The highest BCUT2D eigenvalue weighted by molar-refractivity contribution is 8.48. The van der Waals surface area contributed by atoms with Crippen LogP contribution in [-0.2, 0) is 4.74 Å². The van der Waals surface area contributed by atoms with Crippen LogP contribution in [0, 0.1) is 0 Å². The first-order valence-corrected chi connectivity index (χ1v) is 7.96. The zero-order valence-electron chi connectivity index (χ0n) is 10.5. The molecule has 7 heteroatoms. The molecule has 0 aliphatic carbocycles. The summed E-state index contributed by atoms with van der Waals surface area (Å²) in [6, 6.07) is 0. The van der Waals surface area contributed by atoms with Crippen LogP contribution >= 0.6 is 10.2 Å². The van der Waals surface area contributed by atoms with Gasteiger partial charge in [-0.15, -0.1) is 0 Å². The van der Waals surface area contributed by atoms with E-state index in [1.807, 2.05) is 0 Å². The normalized spacial score (nSPS) is 16.8. The molecule has 18 heavy (non-hydrogen) atoms. The molecule has 0 aliphatic rings. The van der Waals surface area contributed by atoms with Crippen LogP contribution in [-0.4, -0.2) is 13.7 Å². The monoisotopic (exact) mass is 296 g/mol. The molecule has 0 aromatic heterocycles. The maximum atomic E-state index is 11.9. The highest BCUT2D eigenvalue weighted by Gasteiger charge is 2.60. The Kier molecular flexibility index (Phi) is 6.13. The van der Waals surface area contributed by atoms with E-state index in [2.05, 4.69) is 0 Å². The second-order valence-corrected chi connectivity index (χ2v) is 6.63. The van der Waals surface area contributed by atoms with Crippen molar-refractivity contribution in [3.05, 3.63) is 11.5 Å². The minimum Gasteiger partial charge on any atom is -0.385 e. The van der Waals surface area contributed by atoms with Crippen molar-refractivity contribution in [2.75, 3.05) is 13.7 Å². The zero-order valence-corrected chi connectivity index (χ0v) is 11.3. The first kappa shape index (κ1) is 17.7. The lowest BCUT2D eigenvalue weighted by atomic mass is 10.1. The third-order valence-electron chi connectivity index (χ3n) is 2.32. The van der Waals surface area contributed by atoms with Crippen LogP contribution < -0.4 is 0 Å². The molecular formula is C11H21F5OS. The highest BCUT2D eigenvalue weighted by atomic mass is 32.5. The van der Waals surface area contributed by atoms with Gasteiger partial charge in [0.2, 0.25) is 0 Å². The Balaban J connectivity index is 3.50. The van der Waals surface area contributed by atoms with Crippen molar-refractivity contribution in [1.82, 2.24) is 0 Å². The van der Waals surface area contributed by atoms with Gasteiger partial charge in [0.05, 0.1) is 5.41 Å². The molecule has 0 fully saturated rings. The molecule has 0 aliphatic heterocycles. The Labute approximate surface area is 105 Å². The standard InChI is InChI=1S/C11H21F5OS/c1-17-10-8-6-4-2-3-5-7-9-11-18(12,13,14,15)16/h9,11H,2-8,10H2,1H3/b11-9+. The van der Waals surface area contributed by atoms with E-state index in [0.29, 0.717) is 19.1 Å². The quantitative estimate of drug-likeness (QED) is 0.346. The van der Waals surface area contributed by atoms with Crippen molar-refractivity contribution in [1.29, 1.82) is 0 Å². The van der Waals surface area contributed by atoms with E-state index in [1.165, 1.54) is 0 Å². The van der Waals surface area contributed by atoms with Crippen molar-refractivity contribution in [3.63, 3.8) is 0 Å². The largest absolute Gasteiger partial charge is 0.385 e. The number of unbranched alkanes of at least 4 members (excludes halogenated alkanes) is 6. The van der Waals surface area contributed by atoms with Crippen molar-refractivity contribution in [2.24, 2.45) is 0 Å². The summed E-state index contributed by atoms with van der Waals surface area (Å²) in [5.74, 6) is 0. The van der Waals surface area contributed by atoms with Crippen LogP contribution in [0.1, 0.15) is 44.9 Å². The van der Waals surface area contributed by atoms with Gasteiger partial charge in [-0.2, -0.15) is 0 Å². The highest BCUT2D eigenvalue weighted by Crippen LogP contribution is 2.98. The SMILES string of the molecule is COCCCCCCCC/C=C/S(F)(F)(F)(F)F. The Morgan fingerprint density at radius 1 is 0.833 bits per heavy atom. The van der Waals surface area contributed by atoms with Gasteiger partial charge in [0.1, 0.15) is 0 Å². The number of allylic oxidation sites excluding steroid dienone is 1. The molecule has 0 amide bonds. The summed E-state index contributed by atoms with van der Waals surface area (Å²) < 4.78 is 64.2. The third-order valence-corrected chi connectivity index (χ3v) is 3.03. The Bertz CT molecular complexity index is 258. The molecule has 0 radical (unpaired) electrons. The van der Waals surface area contributed by atoms with Gasteiger partial charge < -0.3 is 4.74 Å². The van der Waals surface area contributed by atoms with E-state index >= 15 is 0 Å². The summed E-state index contributed by atoms with van der Waals surface area (Å²) in [5.41, 5.74) is 0. The molecule has 0 aromatic carbocycles. The lowest BCUT2D eigenvalue weighted by Gasteiger charge is -2.36. The fraction of sp³-hybridized carbons (Fsp3) is 0.818. The van der Waals surface area contributed by atoms with Gasteiger partial charge in [0, 0.05) is 13.7 Å². The minimum atomic E-state index is -9.33. The summed E-state index contributed by atoms with van der Waals surface area (Å²) in [4.78, 5) is 0. The number of methoxy groups -OCH3 is 1. The van der Waals surface area contributed by atoms with Crippen molar-refractivity contribution < 1.29 is 24.2 Å². The first-order valence-electron chi connectivity index (χ1n) is 5.95. The maximum absolute atomic E-state index is 11.9. The van der Waals surface area contributed by atoms with Gasteiger partial charge in [-0.25, -0.2) is 0 Å². The molecular weight excluding hydrogens is 275 g/mol. The van der Waals surface area contributed by atoms with Gasteiger partial charge in [0.15, 0.2) is 0 Å². The van der Waals surface area contributed by atoms with E-state index in [4.69, 9.17) is 4.74 Å². The molecule has 0 heterocycles. The Morgan fingerprint density at radius 2 is 1.33 bits per heavy atom. The van der Waals surface area contributed by atoms with Crippen molar-refractivity contribution in [3.8, 4) is 0 Å². The second-order valence-electron chi connectivity index (χ2n) is 4.30. The molecule has 0 atom stereocenters. The minimum absolute atomic E-state index is 0.0453. The zero-order chi connectivity index (χ0) is 14.2. The summed E-state index contributed by atoms with van der Waals surface area (Å²) in [6.45, 7) is 0.715.